The second kappa shape index (κ2) is 8.19. The quantitative estimate of drug-likeness (QED) is 0.280. The van der Waals surface area contributed by atoms with E-state index in [9.17, 15) is 9.36 Å². The number of hydrogen-bond donors (Lipinski definition) is 4. The monoisotopic (exact) mass is 236 g/mol. The van der Waals surface area contributed by atoms with Crippen molar-refractivity contribution in [1.82, 2.24) is 0 Å². The van der Waals surface area contributed by atoms with Gasteiger partial charge in [0.15, 0.2) is 0 Å². The van der Waals surface area contributed by atoms with E-state index in [1.807, 2.05) is 0 Å². The van der Waals surface area contributed by atoms with Gasteiger partial charge in [0, 0.05) is 0 Å². The van der Waals surface area contributed by atoms with Gasteiger partial charge in [0.05, 0.1) is 0 Å². The average molecular weight is 236 g/mol. The van der Waals surface area contributed by atoms with Crippen LogP contribution in [0.4, 0.5) is 0 Å². The van der Waals surface area contributed by atoms with Crippen molar-refractivity contribution >= 4 is 13.6 Å². The molecule has 0 aromatic carbocycles. The molecule has 0 heterocycles. The average Bonchev–Trinajstić information content (AvgIpc) is 1.62. The minimum Gasteiger partial charge on any atom is -1.00 e. The maximum absolute atomic E-state index is 9.84. The molecule has 0 fully saturated rings. The molecule has 11 heavy (non-hydrogen) atoms. The molecule has 0 aliphatic carbocycles. The third kappa shape index (κ3) is 9.16. The molecular formula is C2H7K2O6P. The van der Waals surface area contributed by atoms with Gasteiger partial charge in [-0.1, -0.05) is 0 Å². The van der Waals surface area contributed by atoms with Crippen molar-refractivity contribution in [2.24, 2.45) is 0 Å². The van der Waals surface area contributed by atoms with Crippen molar-refractivity contribution in [3.05, 3.63) is 0 Å². The summed E-state index contributed by atoms with van der Waals surface area (Å²) in [7, 11) is -4.86. The molecule has 58 valence electrons. The van der Waals surface area contributed by atoms with Gasteiger partial charge in [-0.05, 0) is 0 Å². The molecule has 0 aromatic heterocycles. The van der Waals surface area contributed by atoms with Crippen molar-refractivity contribution in [2.45, 2.75) is 5.85 Å². The van der Waals surface area contributed by atoms with E-state index >= 15 is 0 Å². The normalized spacial score (nSPS) is 12.3. The summed E-state index contributed by atoms with van der Waals surface area (Å²) < 4.78 is 9.84. The first-order valence-corrected chi connectivity index (χ1v) is 3.50. The fourth-order valence-electron chi connectivity index (χ4n) is 0.144. The van der Waals surface area contributed by atoms with Gasteiger partial charge >= 0.3 is 116 Å². The predicted molar refractivity (Wildman–Crippen MR) is 27.9 cm³/mol. The van der Waals surface area contributed by atoms with Crippen LogP contribution in [0.3, 0.4) is 0 Å². The van der Waals surface area contributed by atoms with Gasteiger partial charge in [0.2, 0.25) is 0 Å². The van der Waals surface area contributed by atoms with E-state index in [1.54, 1.807) is 0 Å². The molecule has 0 rings (SSSR count). The standard InChI is InChI=1S/C2H5O6P.2K.2H/c3-1(4)2(5)9(6,7)8;;;;/h2,5H,(H,3,4)(H2,6,7,8);;;;/q;2*+1;2*-1. The zero-order chi connectivity index (χ0) is 7.65. The second-order valence-electron chi connectivity index (χ2n) is 1.30. The second-order valence-corrected chi connectivity index (χ2v) is 2.97. The number of carbonyl (C=O) groups is 1. The van der Waals surface area contributed by atoms with Gasteiger partial charge in [0.1, 0.15) is 0 Å². The minimum absolute atomic E-state index is 0. The molecule has 0 aromatic rings. The predicted octanol–water partition coefficient (Wildman–Crippen LogP) is -7.20. The Kier molecular flexibility index (Phi) is 14.5. The molecule has 0 saturated carbocycles. The molecule has 6 nitrogen and oxygen atoms in total. The summed E-state index contributed by atoms with van der Waals surface area (Å²) in [6.07, 6.45) is 0. The van der Waals surface area contributed by atoms with E-state index in [-0.39, 0.29) is 106 Å². The third-order valence-electron chi connectivity index (χ3n) is 0.539. The summed E-state index contributed by atoms with van der Waals surface area (Å²) in [5.74, 6) is -4.53. The van der Waals surface area contributed by atoms with Crippen molar-refractivity contribution < 1.29 is 135 Å². The Morgan fingerprint density at radius 3 is 1.64 bits per heavy atom. The topological polar surface area (TPSA) is 115 Å². The van der Waals surface area contributed by atoms with Crippen LogP contribution in [-0.2, 0) is 9.36 Å². The summed E-state index contributed by atoms with van der Waals surface area (Å²) >= 11 is 0. The summed E-state index contributed by atoms with van der Waals surface area (Å²) in [5.41, 5.74) is 0. The van der Waals surface area contributed by atoms with Crippen LogP contribution in [0.5, 0.6) is 0 Å². The van der Waals surface area contributed by atoms with Crippen LogP contribution >= 0.6 is 7.60 Å². The zero-order valence-corrected chi connectivity index (χ0v) is 13.3. The molecule has 0 saturated heterocycles. The molecule has 0 amide bonds. The van der Waals surface area contributed by atoms with Gasteiger partial charge in [-0.2, -0.15) is 0 Å². The fourth-order valence-corrected chi connectivity index (χ4v) is 0.432. The SMILES string of the molecule is O=C(O)C(O)P(=O)(O)O.[H-].[H-].[K+].[K+]. The number of aliphatic carboxylic acids is 1. The van der Waals surface area contributed by atoms with Crippen LogP contribution in [0.25, 0.3) is 0 Å². The molecule has 0 spiro atoms. The Hall–Kier alpha value is 2.85. The molecule has 0 aliphatic heterocycles. The summed E-state index contributed by atoms with van der Waals surface area (Å²) in [6, 6.07) is 0. The van der Waals surface area contributed by atoms with E-state index < -0.39 is 19.4 Å². The van der Waals surface area contributed by atoms with Gasteiger partial charge in [-0.25, -0.2) is 4.79 Å². The number of carboxylic acid groups (broad SMARTS) is 1. The summed E-state index contributed by atoms with van der Waals surface area (Å²) in [4.78, 5) is 25.5. The number of carboxylic acids is 1. The minimum atomic E-state index is -4.86. The Morgan fingerprint density at radius 2 is 1.64 bits per heavy atom. The number of aliphatic hydroxyl groups excluding tert-OH is 1. The molecule has 4 N–H and O–H groups in total. The summed E-state index contributed by atoms with van der Waals surface area (Å²) in [5, 5.41) is 15.9. The first kappa shape index (κ1) is 19.4. The smallest absolute Gasteiger partial charge is 1.00 e. The zero-order valence-electron chi connectivity index (χ0n) is 8.13. The number of hydrogen-bond acceptors (Lipinski definition) is 3. The fraction of sp³-hybridized carbons (Fsp3) is 0.500. The molecule has 0 aliphatic rings. The first-order valence-electron chi connectivity index (χ1n) is 1.82. The van der Waals surface area contributed by atoms with Crippen molar-refractivity contribution in [3.63, 3.8) is 0 Å². The number of rotatable bonds is 2. The molecule has 1 unspecified atom stereocenters. The van der Waals surface area contributed by atoms with Gasteiger partial charge < -0.3 is 22.9 Å². The van der Waals surface area contributed by atoms with Crippen LogP contribution in [-0.4, -0.2) is 31.8 Å². The van der Waals surface area contributed by atoms with Gasteiger partial charge in [0.25, 0.3) is 5.85 Å². The van der Waals surface area contributed by atoms with E-state index in [2.05, 4.69) is 0 Å². The number of aliphatic hydroxyl groups is 1. The Labute approximate surface area is 151 Å². The largest absolute Gasteiger partial charge is 1.00 e. The van der Waals surface area contributed by atoms with E-state index in [4.69, 9.17) is 20.0 Å². The van der Waals surface area contributed by atoms with Crippen molar-refractivity contribution in [1.29, 1.82) is 0 Å². The van der Waals surface area contributed by atoms with Crippen LogP contribution in [0, 0.1) is 0 Å². The summed E-state index contributed by atoms with van der Waals surface area (Å²) in [6.45, 7) is 0. The third-order valence-corrected chi connectivity index (χ3v) is 1.40. The van der Waals surface area contributed by atoms with Crippen LogP contribution < -0.4 is 103 Å². The molecule has 0 radical (unpaired) electrons. The van der Waals surface area contributed by atoms with Crippen molar-refractivity contribution in [3.8, 4) is 0 Å². The molecule has 0 bridgehead atoms. The van der Waals surface area contributed by atoms with E-state index in [0.29, 0.717) is 0 Å². The van der Waals surface area contributed by atoms with E-state index in [0.717, 1.165) is 0 Å². The van der Waals surface area contributed by atoms with Crippen LogP contribution in [0.1, 0.15) is 2.85 Å². The Morgan fingerprint density at radius 1 is 1.36 bits per heavy atom. The first-order chi connectivity index (χ1) is 3.85. The van der Waals surface area contributed by atoms with Crippen molar-refractivity contribution in [2.75, 3.05) is 0 Å². The van der Waals surface area contributed by atoms with E-state index in [1.165, 1.54) is 0 Å². The van der Waals surface area contributed by atoms with Crippen LogP contribution in [0.15, 0.2) is 0 Å². The molecule has 9 heteroatoms. The maximum atomic E-state index is 9.84. The van der Waals surface area contributed by atoms with Gasteiger partial charge in [-0.15, -0.1) is 0 Å². The molecular weight excluding hydrogens is 229 g/mol. The van der Waals surface area contributed by atoms with Crippen LogP contribution in [0.2, 0.25) is 0 Å². The maximum Gasteiger partial charge on any atom is 1.00 e. The Bertz CT molecular complexity index is 172. The Balaban J connectivity index is -0.0000000533. The molecule has 1 atom stereocenters. The van der Waals surface area contributed by atoms with Gasteiger partial charge in [-0.3, -0.25) is 4.57 Å².